The SMILES string of the molecule is O=C1CNc2cc(Br)ccc2O1. The zero-order valence-corrected chi connectivity index (χ0v) is 7.72. The van der Waals surface area contributed by atoms with Crippen molar-refractivity contribution in [3.8, 4) is 5.75 Å². The fourth-order valence-corrected chi connectivity index (χ4v) is 1.42. The van der Waals surface area contributed by atoms with Gasteiger partial charge in [0.25, 0.3) is 0 Å². The molecule has 1 heterocycles. The van der Waals surface area contributed by atoms with Crippen LogP contribution in [-0.4, -0.2) is 12.5 Å². The van der Waals surface area contributed by atoms with E-state index in [2.05, 4.69) is 21.2 Å². The van der Waals surface area contributed by atoms with Crippen LogP contribution in [0, 0.1) is 0 Å². The first-order chi connectivity index (χ1) is 5.75. The molecule has 0 saturated carbocycles. The third-order valence-electron chi connectivity index (χ3n) is 1.59. The Balaban J connectivity index is 2.43. The van der Waals surface area contributed by atoms with Gasteiger partial charge in [0.2, 0.25) is 0 Å². The molecule has 0 fully saturated rings. The highest BCUT2D eigenvalue weighted by atomic mass is 79.9. The molecule has 1 N–H and O–H groups in total. The average Bonchev–Trinajstić information content (AvgIpc) is 2.05. The summed E-state index contributed by atoms with van der Waals surface area (Å²) in [7, 11) is 0. The van der Waals surface area contributed by atoms with Crippen LogP contribution in [0.3, 0.4) is 0 Å². The van der Waals surface area contributed by atoms with Crippen LogP contribution in [0.25, 0.3) is 0 Å². The number of carbonyl (C=O) groups excluding carboxylic acids is 1. The smallest absolute Gasteiger partial charge is 0.330 e. The molecule has 0 atom stereocenters. The highest BCUT2D eigenvalue weighted by Crippen LogP contribution is 2.30. The first-order valence-electron chi connectivity index (χ1n) is 3.50. The quantitative estimate of drug-likeness (QED) is 0.543. The second kappa shape index (κ2) is 2.79. The van der Waals surface area contributed by atoms with Crippen molar-refractivity contribution in [3.63, 3.8) is 0 Å². The summed E-state index contributed by atoms with van der Waals surface area (Å²) in [5.41, 5.74) is 0.851. The predicted molar refractivity (Wildman–Crippen MR) is 48.3 cm³/mol. The molecule has 1 aliphatic rings. The Hall–Kier alpha value is -1.03. The predicted octanol–water partition coefficient (Wildman–Crippen LogP) is 1.78. The van der Waals surface area contributed by atoms with Crippen molar-refractivity contribution in [2.75, 3.05) is 11.9 Å². The van der Waals surface area contributed by atoms with Gasteiger partial charge in [-0.1, -0.05) is 15.9 Å². The van der Waals surface area contributed by atoms with Crippen molar-refractivity contribution in [2.24, 2.45) is 0 Å². The van der Waals surface area contributed by atoms with Crippen LogP contribution in [0.15, 0.2) is 22.7 Å². The van der Waals surface area contributed by atoms with E-state index in [1.165, 1.54) is 0 Å². The monoisotopic (exact) mass is 227 g/mol. The molecule has 0 bridgehead atoms. The molecule has 2 rings (SSSR count). The van der Waals surface area contributed by atoms with Crippen LogP contribution >= 0.6 is 15.9 Å². The number of carbonyl (C=O) groups is 1. The summed E-state index contributed by atoms with van der Waals surface area (Å²) in [4.78, 5) is 10.8. The van der Waals surface area contributed by atoms with Crippen LogP contribution in [0.5, 0.6) is 5.75 Å². The number of hydrogen-bond acceptors (Lipinski definition) is 3. The van der Waals surface area contributed by atoms with Crippen LogP contribution in [0.2, 0.25) is 0 Å². The number of fused-ring (bicyclic) bond motifs is 1. The van der Waals surface area contributed by atoms with E-state index in [-0.39, 0.29) is 12.5 Å². The van der Waals surface area contributed by atoms with Crippen molar-refractivity contribution in [2.45, 2.75) is 0 Å². The second-order valence-corrected chi connectivity index (χ2v) is 3.38. The Bertz CT molecular complexity index is 338. The van der Waals surface area contributed by atoms with Crippen molar-refractivity contribution in [1.29, 1.82) is 0 Å². The summed E-state index contributed by atoms with van der Waals surface area (Å²) < 4.78 is 5.93. The van der Waals surface area contributed by atoms with E-state index in [9.17, 15) is 4.79 Å². The van der Waals surface area contributed by atoms with Gasteiger partial charge in [0.1, 0.15) is 6.54 Å². The molecule has 0 saturated heterocycles. The third kappa shape index (κ3) is 1.30. The lowest BCUT2D eigenvalue weighted by Gasteiger charge is -2.16. The third-order valence-corrected chi connectivity index (χ3v) is 2.08. The number of halogens is 1. The Morgan fingerprint density at radius 2 is 2.33 bits per heavy atom. The maximum Gasteiger partial charge on any atom is 0.330 e. The lowest BCUT2D eigenvalue weighted by Crippen LogP contribution is -2.24. The van der Waals surface area contributed by atoms with E-state index in [4.69, 9.17) is 4.74 Å². The molecule has 0 amide bonds. The van der Waals surface area contributed by atoms with Gasteiger partial charge >= 0.3 is 5.97 Å². The molecule has 1 aromatic carbocycles. The van der Waals surface area contributed by atoms with Gasteiger partial charge in [0, 0.05) is 4.47 Å². The molecule has 4 heteroatoms. The fourth-order valence-electron chi connectivity index (χ4n) is 1.06. The molecule has 0 radical (unpaired) electrons. The van der Waals surface area contributed by atoms with Gasteiger partial charge in [-0.3, -0.25) is 0 Å². The van der Waals surface area contributed by atoms with Gasteiger partial charge in [-0.05, 0) is 18.2 Å². The molecule has 0 aromatic heterocycles. The Kier molecular flexibility index (Phi) is 1.77. The maximum absolute atomic E-state index is 10.8. The topological polar surface area (TPSA) is 38.3 Å². The molecular weight excluding hydrogens is 222 g/mol. The van der Waals surface area contributed by atoms with Crippen molar-refractivity contribution in [1.82, 2.24) is 0 Å². The molecular formula is C8H6BrNO2. The summed E-state index contributed by atoms with van der Waals surface area (Å²) in [5.74, 6) is 0.347. The van der Waals surface area contributed by atoms with E-state index < -0.39 is 0 Å². The van der Waals surface area contributed by atoms with Crippen molar-refractivity contribution < 1.29 is 9.53 Å². The largest absolute Gasteiger partial charge is 0.423 e. The van der Waals surface area contributed by atoms with Crippen LogP contribution in [0.1, 0.15) is 0 Å². The minimum Gasteiger partial charge on any atom is -0.423 e. The van der Waals surface area contributed by atoms with E-state index in [1.807, 2.05) is 12.1 Å². The van der Waals surface area contributed by atoms with E-state index >= 15 is 0 Å². The minimum atomic E-state index is -0.246. The fraction of sp³-hybridized carbons (Fsp3) is 0.125. The normalized spacial score (nSPS) is 14.6. The van der Waals surface area contributed by atoms with Crippen molar-refractivity contribution >= 4 is 27.6 Å². The number of benzene rings is 1. The molecule has 0 aliphatic carbocycles. The van der Waals surface area contributed by atoms with Gasteiger partial charge < -0.3 is 10.1 Å². The number of hydrogen-bond donors (Lipinski definition) is 1. The lowest BCUT2D eigenvalue weighted by molar-refractivity contribution is -0.132. The van der Waals surface area contributed by atoms with E-state index in [1.54, 1.807) is 6.07 Å². The first kappa shape index (κ1) is 7.61. The summed E-state index contributed by atoms with van der Waals surface area (Å²) in [6, 6.07) is 5.46. The second-order valence-electron chi connectivity index (χ2n) is 2.47. The van der Waals surface area contributed by atoms with Gasteiger partial charge in [-0.25, -0.2) is 4.79 Å². The summed E-state index contributed by atoms with van der Waals surface area (Å²) in [6.45, 7) is 0.240. The van der Waals surface area contributed by atoms with Gasteiger partial charge in [-0.15, -0.1) is 0 Å². The maximum atomic E-state index is 10.8. The molecule has 1 aliphatic heterocycles. The highest BCUT2D eigenvalue weighted by Gasteiger charge is 2.15. The average molecular weight is 228 g/mol. The molecule has 0 unspecified atom stereocenters. The van der Waals surface area contributed by atoms with Gasteiger partial charge in [0.05, 0.1) is 5.69 Å². The Morgan fingerprint density at radius 1 is 1.50 bits per heavy atom. The zero-order chi connectivity index (χ0) is 8.55. The van der Waals surface area contributed by atoms with Gasteiger partial charge in [0.15, 0.2) is 5.75 Å². The number of rotatable bonds is 0. The standard InChI is InChI=1S/C8H6BrNO2/c9-5-1-2-7-6(3-5)10-4-8(11)12-7/h1-3,10H,4H2. The molecule has 62 valence electrons. The summed E-state index contributed by atoms with van der Waals surface area (Å²) >= 11 is 3.33. The molecule has 1 aromatic rings. The zero-order valence-electron chi connectivity index (χ0n) is 6.13. The molecule has 12 heavy (non-hydrogen) atoms. The summed E-state index contributed by atoms with van der Waals surface area (Å²) in [5, 5.41) is 2.95. The summed E-state index contributed by atoms with van der Waals surface area (Å²) in [6.07, 6.45) is 0. The number of nitrogens with one attached hydrogen (secondary N) is 1. The lowest BCUT2D eigenvalue weighted by atomic mass is 10.2. The molecule has 3 nitrogen and oxygen atoms in total. The van der Waals surface area contributed by atoms with Crippen LogP contribution in [0.4, 0.5) is 5.69 Å². The highest BCUT2D eigenvalue weighted by molar-refractivity contribution is 9.10. The van der Waals surface area contributed by atoms with E-state index in [0.29, 0.717) is 5.75 Å². The van der Waals surface area contributed by atoms with E-state index in [0.717, 1.165) is 10.2 Å². The minimum absolute atomic E-state index is 0.240. The number of esters is 1. The number of anilines is 1. The number of ether oxygens (including phenoxy) is 1. The first-order valence-corrected chi connectivity index (χ1v) is 4.29. The molecule has 0 spiro atoms. The van der Waals surface area contributed by atoms with Gasteiger partial charge in [-0.2, -0.15) is 0 Å². The Morgan fingerprint density at radius 3 is 3.17 bits per heavy atom. The van der Waals surface area contributed by atoms with Crippen LogP contribution < -0.4 is 10.1 Å². The Labute approximate surface area is 77.8 Å². The van der Waals surface area contributed by atoms with Crippen molar-refractivity contribution in [3.05, 3.63) is 22.7 Å². The van der Waals surface area contributed by atoms with Crippen LogP contribution in [-0.2, 0) is 4.79 Å².